The van der Waals surface area contributed by atoms with Gasteiger partial charge in [-0.3, -0.25) is 9.59 Å². The van der Waals surface area contributed by atoms with Gasteiger partial charge in [-0.2, -0.15) is 0 Å². The molecule has 2 N–H and O–H groups in total. The largest absolute Gasteiger partial charge is 0.497 e. The van der Waals surface area contributed by atoms with Gasteiger partial charge in [0, 0.05) is 37.8 Å². The zero-order valence-corrected chi connectivity index (χ0v) is 17.0. The highest BCUT2D eigenvalue weighted by atomic mass is 32.2. The summed E-state index contributed by atoms with van der Waals surface area (Å²) in [5.41, 5.74) is 1.28. The van der Waals surface area contributed by atoms with Gasteiger partial charge in [-0.15, -0.1) is 0 Å². The maximum Gasteiger partial charge on any atom is 0.240 e. The fourth-order valence-corrected chi connectivity index (χ4v) is 4.28. The summed E-state index contributed by atoms with van der Waals surface area (Å²) in [5.74, 6) is 0.303. The molecule has 2 amide bonds. The molecule has 0 bridgehead atoms. The van der Waals surface area contributed by atoms with Crippen molar-refractivity contribution in [3.63, 3.8) is 0 Å². The summed E-state index contributed by atoms with van der Waals surface area (Å²) in [6.45, 7) is 1.98. The fourth-order valence-electron chi connectivity index (χ4n) is 3.16. The monoisotopic (exact) mass is 417 g/mol. The number of carbonyl (C=O) groups excluding carboxylic acids is 2. The molecule has 29 heavy (non-hydrogen) atoms. The number of anilines is 2. The third-order valence-corrected chi connectivity index (χ3v) is 6.08. The van der Waals surface area contributed by atoms with Crippen LogP contribution in [0.25, 0.3) is 0 Å². The van der Waals surface area contributed by atoms with Gasteiger partial charge in [0.1, 0.15) is 5.75 Å². The maximum atomic E-state index is 12.5. The molecule has 0 unspecified atom stereocenters. The van der Waals surface area contributed by atoms with Crippen LogP contribution in [-0.2, 0) is 19.6 Å². The molecule has 1 saturated heterocycles. The molecule has 9 heteroatoms. The van der Waals surface area contributed by atoms with Crippen molar-refractivity contribution in [1.29, 1.82) is 0 Å². The third-order valence-electron chi connectivity index (χ3n) is 4.64. The normalized spacial score (nSPS) is 16.7. The van der Waals surface area contributed by atoms with E-state index in [2.05, 4.69) is 10.0 Å². The number of sulfonamides is 1. The van der Waals surface area contributed by atoms with Crippen LogP contribution in [0.4, 0.5) is 11.4 Å². The van der Waals surface area contributed by atoms with E-state index in [4.69, 9.17) is 4.74 Å². The van der Waals surface area contributed by atoms with Gasteiger partial charge in [-0.05, 0) is 54.4 Å². The Bertz CT molecular complexity index is 988. The lowest BCUT2D eigenvalue weighted by Crippen LogP contribution is -2.31. The van der Waals surface area contributed by atoms with Gasteiger partial charge in [0.05, 0.1) is 12.0 Å². The Kier molecular flexibility index (Phi) is 6.19. The van der Waals surface area contributed by atoms with Gasteiger partial charge in [-0.25, -0.2) is 13.1 Å². The van der Waals surface area contributed by atoms with Crippen LogP contribution in [0.1, 0.15) is 13.3 Å². The van der Waals surface area contributed by atoms with Crippen molar-refractivity contribution in [3.05, 3.63) is 48.5 Å². The van der Waals surface area contributed by atoms with E-state index < -0.39 is 10.0 Å². The van der Waals surface area contributed by atoms with E-state index in [1.54, 1.807) is 36.3 Å². The highest BCUT2D eigenvalue weighted by Gasteiger charge is 2.31. The lowest BCUT2D eigenvalue weighted by atomic mass is 10.1. The molecule has 1 aliphatic heterocycles. The standard InChI is InChI=1S/C20H23N3O5S/c1-14(24)22-16-3-9-19(10-4-16)29(26,27)21-12-15-11-20(25)23(13-15)17-5-7-18(28-2)8-6-17/h3-10,15,21H,11-13H2,1-2H3,(H,22,24)/t15-/m0/s1. The average Bonchev–Trinajstić information content (AvgIpc) is 3.07. The Morgan fingerprint density at radius 1 is 1.14 bits per heavy atom. The predicted molar refractivity (Wildman–Crippen MR) is 109 cm³/mol. The molecular formula is C20H23N3O5S. The first-order chi connectivity index (χ1) is 13.8. The Morgan fingerprint density at radius 2 is 1.79 bits per heavy atom. The minimum atomic E-state index is -3.71. The zero-order chi connectivity index (χ0) is 21.0. The van der Waals surface area contributed by atoms with Crippen molar-refractivity contribution in [3.8, 4) is 5.75 Å². The Morgan fingerprint density at radius 3 is 2.38 bits per heavy atom. The molecule has 0 spiro atoms. The van der Waals surface area contributed by atoms with E-state index in [1.165, 1.54) is 31.2 Å². The number of hydrogen-bond acceptors (Lipinski definition) is 5. The number of nitrogens with zero attached hydrogens (tertiary/aromatic N) is 1. The van der Waals surface area contributed by atoms with E-state index in [9.17, 15) is 18.0 Å². The summed E-state index contributed by atoms with van der Waals surface area (Å²) >= 11 is 0. The minimum Gasteiger partial charge on any atom is -0.497 e. The zero-order valence-electron chi connectivity index (χ0n) is 16.2. The molecule has 8 nitrogen and oxygen atoms in total. The van der Waals surface area contributed by atoms with Crippen molar-refractivity contribution < 1.29 is 22.7 Å². The van der Waals surface area contributed by atoms with Gasteiger partial charge in [0.15, 0.2) is 0 Å². The van der Waals surface area contributed by atoms with Gasteiger partial charge in [0.2, 0.25) is 21.8 Å². The molecule has 1 atom stereocenters. The number of benzene rings is 2. The number of ether oxygens (including phenoxy) is 1. The van der Waals surface area contributed by atoms with Crippen molar-refractivity contribution in [1.82, 2.24) is 4.72 Å². The average molecular weight is 417 g/mol. The van der Waals surface area contributed by atoms with Gasteiger partial charge < -0.3 is 15.0 Å². The number of methoxy groups -OCH3 is 1. The molecule has 0 aliphatic carbocycles. The quantitative estimate of drug-likeness (QED) is 0.717. The molecule has 2 aromatic rings. The van der Waals surface area contributed by atoms with E-state index in [0.29, 0.717) is 18.0 Å². The smallest absolute Gasteiger partial charge is 0.240 e. The van der Waals surface area contributed by atoms with Crippen LogP contribution in [0.2, 0.25) is 0 Å². The van der Waals surface area contributed by atoms with Crippen LogP contribution in [0.15, 0.2) is 53.4 Å². The van der Waals surface area contributed by atoms with Crippen molar-refractivity contribution in [2.75, 3.05) is 30.4 Å². The van der Waals surface area contributed by atoms with Crippen molar-refractivity contribution in [2.45, 2.75) is 18.2 Å². The van der Waals surface area contributed by atoms with E-state index in [1.807, 2.05) is 0 Å². The van der Waals surface area contributed by atoms with Crippen LogP contribution in [-0.4, -0.2) is 40.4 Å². The topological polar surface area (TPSA) is 105 Å². The summed E-state index contributed by atoms with van der Waals surface area (Å²) in [7, 11) is -2.14. The van der Waals surface area contributed by atoms with Crippen LogP contribution in [0.5, 0.6) is 5.75 Å². The van der Waals surface area contributed by atoms with Crippen molar-refractivity contribution in [2.24, 2.45) is 5.92 Å². The SMILES string of the molecule is COc1ccc(N2C[C@H](CNS(=O)(=O)c3ccc(NC(C)=O)cc3)CC2=O)cc1. The van der Waals surface area contributed by atoms with Gasteiger partial charge in [0.25, 0.3) is 0 Å². The first kappa shape index (κ1) is 20.8. The first-order valence-electron chi connectivity index (χ1n) is 9.10. The van der Waals surface area contributed by atoms with Crippen LogP contribution in [0, 0.1) is 5.92 Å². The lowest BCUT2D eigenvalue weighted by molar-refractivity contribution is -0.117. The Balaban J connectivity index is 1.60. The molecule has 1 heterocycles. The number of nitrogens with one attached hydrogen (secondary N) is 2. The van der Waals surface area contributed by atoms with E-state index in [-0.39, 0.29) is 35.6 Å². The molecule has 3 rings (SSSR count). The number of amides is 2. The Hall–Kier alpha value is -2.91. The second-order valence-corrected chi connectivity index (χ2v) is 8.60. The molecular weight excluding hydrogens is 394 g/mol. The summed E-state index contributed by atoms with van der Waals surface area (Å²) < 4.78 is 32.7. The predicted octanol–water partition coefficient (Wildman–Crippen LogP) is 1.98. The molecule has 1 aliphatic rings. The van der Waals surface area contributed by atoms with Crippen LogP contribution < -0.4 is 19.7 Å². The second-order valence-electron chi connectivity index (χ2n) is 6.83. The lowest BCUT2D eigenvalue weighted by Gasteiger charge is -2.17. The number of hydrogen-bond donors (Lipinski definition) is 2. The minimum absolute atomic E-state index is 0.0426. The van der Waals surface area contributed by atoms with E-state index in [0.717, 1.165) is 5.69 Å². The highest BCUT2D eigenvalue weighted by molar-refractivity contribution is 7.89. The number of rotatable bonds is 7. The summed E-state index contributed by atoms with van der Waals surface area (Å²) in [6, 6.07) is 13.1. The molecule has 1 fully saturated rings. The maximum absolute atomic E-state index is 12.5. The van der Waals surface area contributed by atoms with Crippen LogP contribution in [0.3, 0.4) is 0 Å². The molecule has 2 aromatic carbocycles. The highest BCUT2D eigenvalue weighted by Crippen LogP contribution is 2.26. The fraction of sp³-hybridized carbons (Fsp3) is 0.300. The third kappa shape index (κ3) is 5.12. The van der Waals surface area contributed by atoms with Gasteiger partial charge >= 0.3 is 0 Å². The summed E-state index contributed by atoms with van der Waals surface area (Å²) in [6.07, 6.45) is 0.274. The van der Waals surface area contributed by atoms with Crippen LogP contribution >= 0.6 is 0 Å². The second kappa shape index (κ2) is 8.62. The number of carbonyl (C=O) groups is 2. The first-order valence-corrected chi connectivity index (χ1v) is 10.6. The van der Waals surface area contributed by atoms with Crippen molar-refractivity contribution >= 4 is 33.2 Å². The molecule has 0 saturated carbocycles. The van der Waals surface area contributed by atoms with E-state index >= 15 is 0 Å². The molecule has 0 aromatic heterocycles. The van der Waals surface area contributed by atoms with Gasteiger partial charge in [-0.1, -0.05) is 0 Å². The Labute approximate surface area is 169 Å². The summed E-state index contributed by atoms with van der Waals surface area (Å²) in [5, 5.41) is 2.59. The summed E-state index contributed by atoms with van der Waals surface area (Å²) in [4.78, 5) is 25.1. The molecule has 154 valence electrons. The molecule has 0 radical (unpaired) electrons.